The summed E-state index contributed by atoms with van der Waals surface area (Å²) in [7, 11) is 0. The second-order valence-corrected chi connectivity index (χ2v) is 7.87. The smallest absolute Gasteiger partial charge is 0.185 e. The second kappa shape index (κ2) is 7.22. The van der Waals surface area contributed by atoms with Gasteiger partial charge >= 0.3 is 0 Å². The topological polar surface area (TPSA) is 99.4 Å². The number of ether oxygens (including phenoxy) is 2. The maximum absolute atomic E-state index is 11.5. The van der Waals surface area contributed by atoms with Crippen molar-refractivity contribution in [1.29, 1.82) is 0 Å². The molecule has 1 heterocycles. The Morgan fingerprint density at radius 1 is 0.929 bits per heavy atom. The molecule has 150 valence electrons. The van der Waals surface area contributed by atoms with Gasteiger partial charge in [-0.15, -0.1) is 0 Å². The first-order valence-corrected chi connectivity index (χ1v) is 9.49. The minimum atomic E-state index is -1.65. The maximum atomic E-state index is 11.5. The van der Waals surface area contributed by atoms with Gasteiger partial charge in [0.05, 0.1) is 12.7 Å². The molecule has 1 saturated heterocycles. The van der Waals surface area contributed by atoms with Gasteiger partial charge in [-0.2, -0.15) is 0 Å². The zero-order valence-electron chi connectivity index (χ0n) is 15.9. The minimum absolute atomic E-state index is 0.572. The largest absolute Gasteiger partial charge is 0.394 e. The van der Waals surface area contributed by atoms with Crippen LogP contribution < -0.4 is 0 Å². The van der Waals surface area contributed by atoms with Gasteiger partial charge < -0.3 is 29.9 Å². The molecule has 2 fully saturated rings. The summed E-state index contributed by atoms with van der Waals surface area (Å²) in [6, 6.07) is 15.0. The van der Waals surface area contributed by atoms with Gasteiger partial charge in [0.2, 0.25) is 0 Å². The Balaban J connectivity index is 1.68. The quantitative estimate of drug-likeness (QED) is 0.633. The van der Waals surface area contributed by atoms with E-state index in [4.69, 9.17) is 9.47 Å². The first kappa shape index (κ1) is 19.5. The molecule has 0 amide bonds. The lowest BCUT2D eigenvalue weighted by atomic mass is 9.57. The summed E-state index contributed by atoms with van der Waals surface area (Å²) in [6.07, 6.45) is -5.18. The van der Waals surface area contributed by atoms with Crippen LogP contribution in [0.5, 0.6) is 0 Å². The Kier molecular flexibility index (Phi) is 5.03. The third kappa shape index (κ3) is 2.97. The van der Waals surface area contributed by atoms with E-state index in [9.17, 15) is 20.4 Å². The molecule has 6 heteroatoms. The monoisotopic (exact) mass is 386 g/mol. The van der Waals surface area contributed by atoms with Crippen molar-refractivity contribution in [2.75, 3.05) is 6.61 Å². The lowest BCUT2D eigenvalue weighted by Crippen LogP contribution is -2.78. The zero-order valence-corrected chi connectivity index (χ0v) is 15.9. The molecule has 7 atom stereocenters. The Morgan fingerprint density at radius 2 is 1.46 bits per heavy atom. The molecule has 2 aromatic rings. The van der Waals surface area contributed by atoms with Crippen molar-refractivity contribution in [2.24, 2.45) is 0 Å². The van der Waals surface area contributed by atoms with Gasteiger partial charge in [-0.3, -0.25) is 0 Å². The highest BCUT2D eigenvalue weighted by Crippen LogP contribution is 2.56. The van der Waals surface area contributed by atoms with Crippen LogP contribution in [0.3, 0.4) is 0 Å². The van der Waals surface area contributed by atoms with Gasteiger partial charge in [-0.1, -0.05) is 59.7 Å². The average Bonchev–Trinajstić information content (AvgIpc) is 2.69. The summed E-state index contributed by atoms with van der Waals surface area (Å²) in [5.74, 6) is -0.691. The molecule has 0 spiro atoms. The van der Waals surface area contributed by atoms with Crippen LogP contribution in [-0.2, 0) is 9.47 Å². The molecule has 2 aromatic carbocycles. The van der Waals surface area contributed by atoms with Gasteiger partial charge in [0.1, 0.15) is 23.9 Å². The lowest BCUT2D eigenvalue weighted by molar-refractivity contribution is -0.403. The predicted octanol–water partition coefficient (Wildman–Crippen LogP) is 1.33. The minimum Gasteiger partial charge on any atom is -0.394 e. The first-order chi connectivity index (χ1) is 13.4. The number of hydrogen-bond acceptors (Lipinski definition) is 6. The fourth-order valence-corrected chi connectivity index (χ4v) is 4.33. The van der Waals surface area contributed by atoms with Crippen LogP contribution in [0.15, 0.2) is 48.5 Å². The van der Waals surface area contributed by atoms with Gasteiger partial charge in [0.25, 0.3) is 0 Å². The van der Waals surface area contributed by atoms with E-state index in [1.54, 1.807) is 0 Å². The number of rotatable bonds is 4. The SMILES string of the molecule is Cc1ccc(C2O[C@H]([C@H](O)CO)[C@@]3(O)C(c4ccc(C)cc4)C(O)[C@@H]3O2)cc1. The Bertz CT molecular complexity index is 820. The fourth-order valence-electron chi connectivity index (χ4n) is 4.33. The first-order valence-electron chi connectivity index (χ1n) is 9.49. The van der Waals surface area contributed by atoms with E-state index in [0.29, 0.717) is 5.56 Å². The van der Waals surface area contributed by atoms with Crippen molar-refractivity contribution in [2.45, 2.75) is 56.1 Å². The van der Waals surface area contributed by atoms with Crippen LogP contribution in [0.2, 0.25) is 0 Å². The van der Waals surface area contributed by atoms with Crippen LogP contribution >= 0.6 is 0 Å². The summed E-state index contributed by atoms with van der Waals surface area (Å²) in [4.78, 5) is 0. The number of fused-ring (bicyclic) bond motifs is 1. The standard InChI is InChI=1S/C22H26O6/c1-12-3-7-14(8-4-12)17-18(25)20-22(17,26)19(16(24)11-23)27-21(28-20)15-9-5-13(2)6-10-15/h3-10,16-21,23-26H,11H2,1-2H3/t16-,17?,18?,19-,20+,21?,22+/m1/s1. The van der Waals surface area contributed by atoms with Crippen molar-refractivity contribution in [3.63, 3.8) is 0 Å². The van der Waals surface area contributed by atoms with Crippen LogP contribution in [0.25, 0.3) is 0 Å². The van der Waals surface area contributed by atoms with E-state index in [2.05, 4.69) is 0 Å². The fraction of sp³-hybridized carbons (Fsp3) is 0.455. The molecular weight excluding hydrogens is 360 g/mol. The number of hydrogen-bond donors (Lipinski definition) is 4. The third-order valence-corrected chi connectivity index (χ3v) is 5.92. The molecule has 28 heavy (non-hydrogen) atoms. The molecular formula is C22H26O6. The molecule has 1 saturated carbocycles. The van der Waals surface area contributed by atoms with E-state index < -0.39 is 48.8 Å². The number of benzene rings is 2. The highest BCUT2D eigenvalue weighted by atomic mass is 16.7. The predicted molar refractivity (Wildman–Crippen MR) is 102 cm³/mol. The van der Waals surface area contributed by atoms with Crippen molar-refractivity contribution >= 4 is 0 Å². The van der Waals surface area contributed by atoms with Gasteiger partial charge in [0, 0.05) is 11.5 Å². The Labute approximate surface area is 164 Å². The van der Waals surface area contributed by atoms with E-state index in [1.807, 2.05) is 62.4 Å². The van der Waals surface area contributed by atoms with Gasteiger partial charge in [-0.05, 0) is 19.4 Å². The molecule has 4 rings (SSSR count). The molecule has 2 aliphatic rings. The van der Waals surface area contributed by atoms with E-state index in [-0.39, 0.29) is 0 Å². The van der Waals surface area contributed by atoms with E-state index in [0.717, 1.165) is 16.7 Å². The van der Waals surface area contributed by atoms with Crippen LogP contribution in [-0.4, -0.2) is 57.0 Å². The number of aliphatic hydroxyl groups excluding tert-OH is 3. The molecule has 0 aromatic heterocycles. The van der Waals surface area contributed by atoms with E-state index >= 15 is 0 Å². The van der Waals surface area contributed by atoms with Crippen molar-refractivity contribution in [3.05, 3.63) is 70.8 Å². The molecule has 3 unspecified atom stereocenters. The highest BCUT2D eigenvalue weighted by molar-refractivity contribution is 5.37. The summed E-state index contributed by atoms with van der Waals surface area (Å²) in [5, 5.41) is 42.2. The van der Waals surface area contributed by atoms with Crippen molar-refractivity contribution in [1.82, 2.24) is 0 Å². The third-order valence-electron chi connectivity index (χ3n) is 5.92. The zero-order chi connectivity index (χ0) is 20.1. The molecule has 0 radical (unpaired) electrons. The van der Waals surface area contributed by atoms with Gasteiger partial charge in [0.15, 0.2) is 6.29 Å². The van der Waals surface area contributed by atoms with Gasteiger partial charge in [-0.25, -0.2) is 0 Å². The van der Waals surface area contributed by atoms with Crippen molar-refractivity contribution < 1.29 is 29.9 Å². The Hall–Kier alpha value is -1.80. The molecule has 0 bridgehead atoms. The van der Waals surface area contributed by atoms with Crippen LogP contribution in [0, 0.1) is 13.8 Å². The lowest BCUT2D eigenvalue weighted by Gasteiger charge is -2.62. The summed E-state index contributed by atoms with van der Waals surface area (Å²) in [5.41, 5.74) is 1.93. The summed E-state index contributed by atoms with van der Waals surface area (Å²) in [6.45, 7) is 3.35. The van der Waals surface area contributed by atoms with Crippen LogP contribution in [0.1, 0.15) is 34.5 Å². The number of aliphatic hydroxyl groups is 4. The average molecular weight is 386 g/mol. The molecule has 6 nitrogen and oxygen atoms in total. The normalized spacial score (nSPS) is 35.7. The van der Waals surface area contributed by atoms with Crippen LogP contribution in [0.4, 0.5) is 0 Å². The highest BCUT2D eigenvalue weighted by Gasteiger charge is 2.70. The molecule has 4 N–H and O–H groups in total. The summed E-state index contributed by atoms with van der Waals surface area (Å²) >= 11 is 0. The maximum Gasteiger partial charge on any atom is 0.185 e. The summed E-state index contributed by atoms with van der Waals surface area (Å²) < 4.78 is 11.8. The van der Waals surface area contributed by atoms with Crippen molar-refractivity contribution in [3.8, 4) is 0 Å². The molecule has 1 aliphatic carbocycles. The molecule has 1 aliphatic heterocycles. The Morgan fingerprint density at radius 3 is 2.00 bits per heavy atom. The number of aryl methyl sites for hydroxylation is 2. The second-order valence-electron chi connectivity index (χ2n) is 7.87. The van der Waals surface area contributed by atoms with E-state index in [1.165, 1.54) is 0 Å².